The van der Waals surface area contributed by atoms with E-state index >= 15 is 0 Å². The Balaban J connectivity index is 1.90. The molecule has 0 amide bonds. The lowest BCUT2D eigenvalue weighted by molar-refractivity contribution is 0.0963. The zero-order valence-electron chi connectivity index (χ0n) is 8.89. The molecule has 80 valence electrons. The number of aryl methyl sites for hydroxylation is 1. The van der Waals surface area contributed by atoms with Crippen LogP contribution in [0.4, 0.5) is 0 Å². The topological polar surface area (TPSA) is 48.1 Å². The fourth-order valence-corrected chi connectivity index (χ4v) is 2.90. The van der Waals surface area contributed by atoms with E-state index in [0.717, 1.165) is 18.5 Å². The van der Waals surface area contributed by atoms with Crippen molar-refractivity contribution in [1.29, 1.82) is 0 Å². The van der Waals surface area contributed by atoms with Crippen LogP contribution in [0.1, 0.15) is 30.0 Å². The maximum Gasteiger partial charge on any atom is 0.0799 e. The lowest BCUT2D eigenvalue weighted by atomic mass is 9.82. The Kier molecular flexibility index (Phi) is 2.04. The molecule has 0 aliphatic carbocycles. The van der Waals surface area contributed by atoms with E-state index in [4.69, 9.17) is 10.5 Å². The Morgan fingerprint density at radius 2 is 2.33 bits per heavy atom. The van der Waals surface area contributed by atoms with Gasteiger partial charge in [0.2, 0.25) is 0 Å². The van der Waals surface area contributed by atoms with Gasteiger partial charge in [0, 0.05) is 23.9 Å². The summed E-state index contributed by atoms with van der Waals surface area (Å²) in [4.78, 5) is 4.22. The van der Waals surface area contributed by atoms with Crippen LogP contribution in [0.25, 0.3) is 0 Å². The van der Waals surface area contributed by atoms with Crippen LogP contribution in [-0.4, -0.2) is 23.2 Å². The van der Waals surface area contributed by atoms with E-state index in [-0.39, 0.29) is 12.1 Å². The number of nitrogens with two attached hydrogens (primary N) is 1. The van der Waals surface area contributed by atoms with Gasteiger partial charge in [0.15, 0.2) is 0 Å². The van der Waals surface area contributed by atoms with Crippen molar-refractivity contribution in [1.82, 2.24) is 4.98 Å². The fraction of sp³-hybridized carbons (Fsp3) is 0.583. The molecule has 15 heavy (non-hydrogen) atoms. The molecule has 0 spiro atoms. The maximum atomic E-state index is 6.05. The van der Waals surface area contributed by atoms with Gasteiger partial charge in [0.05, 0.1) is 12.2 Å². The molecule has 2 N–H and O–H groups in total. The molecule has 1 aromatic heterocycles. The third kappa shape index (κ3) is 1.46. The second kappa shape index (κ2) is 3.29. The first kappa shape index (κ1) is 9.31. The number of pyridine rings is 1. The predicted octanol–water partition coefficient (Wildman–Crippen LogP) is 1.36. The zero-order valence-corrected chi connectivity index (χ0v) is 8.89. The number of ether oxygens (including phenoxy) is 1. The summed E-state index contributed by atoms with van der Waals surface area (Å²) < 4.78 is 5.85. The van der Waals surface area contributed by atoms with E-state index in [9.17, 15) is 0 Å². The van der Waals surface area contributed by atoms with Gasteiger partial charge in [0.1, 0.15) is 0 Å². The standard InChI is InChI=1S/C12H16N2O/c1-7-4-8(2-3-14-7)10-5-9-6-11(13)12(10)15-9/h2-4,9-12H,5-6,13H2,1H3. The minimum absolute atomic E-state index is 0.224. The average Bonchev–Trinajstić information content (AvgIpc) is 2.76. The summed E-state index contributed by atoms with van der Waals surface area (Å²) in [5.41, 5.74) is 8.46. The second-order valence-corrected chi connectivity index (χ2v) is 4.70. The number of fused-ring (bicyclic) bond motifs is 2. The van der Waals surface area contributed by atoms with Crippen molar-refractivity contribution in [2.75, 3.05) is 0 Å². The lowest BCUT2D eigenvalue weighted by Gasteiger charge is -2.24. The van der Waals surface area contributed by atoms with Crippen LogP contribution in [0.3, 0.4) is 0 Å². The first-order valence-corrected chi connectivity index (χ1v) is 5.57. The molecule has 3 rings (SSSR count). The average molecular weight is 204 g/mol. The van der Waals surface area contributed by atoms with Gasteiger partial charge in [-0.05, 0) is 37.5 Å². The van der Waals surface area contributed by atoms with Crippen molar-refractivity contribution < 1.29 is 4.74 Å². The van der Waals surface area contributed by atoms with E-state index in [1.807, 2.05) is 13.1 Å². The van der Waals surface area contributed by atoms with Crippen LogP contribution in [0, 0.1) is 6.92 Å². The summed E-state index contributed by atoms with van der Waals surface area (Å²) in [5, 5.41) is 0. The van der Waals surface area contributed by atoms with Crippen molar-refractivity contribution in [2.24, 2.45) is 5.73 Å². The van der Waals surface area contributed by atoms with E-state index in [1.165, 1.54) is 5.56 Å². The van der Waals surface area contributed by atoms with E-state index in [0.29, 0.717) is 12.0 Å². The summed E-state index contributed by atoms with van der Waals surface area (Å²) in [6.45, 7) is 2.03. The largest absolute Gasteiger partial charge is 0.373 e. The molecular formula is C12H16N2O. The van der Waals surface area contributed by atoms with Crippen molar-refractivity contribution >= 4 is 0 Å². The Morgan fingerprint density at radius 3 is 3.00 bits per heavy atom. The van der Waals surface area contributed by atoms with Crippen molar-refractivity contribution in [2.45, 2.75) is 43.9 Å². The second-order valence-electron chi connectivity index (χ2n) is 4.70. The maximum absolute atomic E-state index is 6.05. The smallest absolute Gasteiger partial charge is 0.0799 e. The highest BCUT2D eigenvalue weighted by Crippen LogP contribution is 2.43. The third-order valence-corrected chi connectivity index (χ3v) is 3.57. The van der Waals surface area contributed by atoms with E-state index in [2.05, 4.69) is 17.1 Å². The molecule has 0 radical (unpaired) electrons. The Morgan fingerprint density at radius 1 is 1.47 bits per heavy atom. The summed E-state index contributed by atoms with van der Waals surface area (Å²) in [6, 6.07) is 4.47. The number of nitrogens with zero attached hydrogens (tertiary/aromatic N) is 1. The van der Waals surface area contributed by atoms with Crippen LogP contribution in [-0.2, 0) is 4.74 Å². The van der Waals surface area contributed by atoms with Crippen molar-refractivity contribution in [3.63, 3.8) is 0 Å². The minimum Gasteiger partial charge on any atom is -0.373 e. The molecule has 4 unspecified atom stereocenters. The summed E-state index contributed by atoms with van der Waals surface area (Å²) in [6.07, 6.45) is 4.66. The molecule has 0 saturated carbocycles. The van der Waals surface area contributed by atoms with Crippen LogP contribution in [0.15, 0.2) is 18.3 Å². The van der Waals surface area contributed by atoms with E-state index < -0.39 is 0 Å². The van der Waals surface area contributed by atoms with Gasteiger partial charge in [-0.1, -0.05) is 0 Å². The van der Waals surface area contributed by atoms with Gasteiger partial charge >= 0.3 is 0 Å². The number of hydrogen-bond donors (Lipinski definition) is 1. The van der Waals surface area contributed by atoms with Gasteiger partial charge in [-0.2, -0.15) is 0 Å². The summed E-state index contributed by atoms with van der Waals surface area (Å²) >= 11 is 0. The molecule has 4 atom stereocenters. The molecule has 2 saturated heterocycles. The zero-order chi connectivity index (χ0) is 10.4. The summed E-state index contributed by atoms with van der Waals surface area (Å²) in [5.74, 6) is 0.487. The monoisotopic (exact) mass is 204 g/mol. The molecular weight excluding hydrogens is 188 g/mol. The predicted molar refractivity (Wildman–Crippen MR) is 57.6 cm³/mol. The van der Waals surface area contributed by atoms with Gasteiger partial charge in [0.25, 0.3) is 0 Å². The highest BCUT2D eigenvalue weighted by atomic mass is 16.5. The van der Waals surface area contributed by atoms with Gasteiger partial charge in [-0.15, -0.1) is 0 Å². The van der Waals surface area contributed by atoms with Gasteiger partial charge < -0.3 is 10.5 Å². The molecule has 2 aliphatic heterocycles. The Bertz CT molecular complexity index is 380. The first-order chi connectivity index (χ1) is 7.24. The first-order valence-electron chi connectivity index (χ1n) is 5.57. The van der Waals surface area contributed by atoms with Crippen LogP contribution in [0.5, 0.6) is 0 Å². The summed E-state index contributed by atoms with van der Waals surface area (Å²) in [7, 11) is 0. The molecule has 2 aliphatic rings. The molecule has 2 bridgehead atoms. The van der Waals surface area contributed by atoms with Gasteiger partial charge in [-0.3, -0.25) is 4.98 Å². The molecule has 3 heterocycles. The molecule has 0 aromatic carbocycles. The minimum atomic E-state index is 0.224. The third-order valence-electron chi connectivity index (χ3n) is 3.57. The Hall–Kier alpha value is -0.930. The molecule has 3 nitrogen and oxygen atoms in total. The lowest BCUT2D eigenvalue weighted by Crippen LogP contribution is -2.36. The van der Waals surface area contributed by atoms with Crippen LogP contribution in [0.2, 0.25) is 0 Å². The molecule has 3 heteroatoms. The van der Waals surface area contributed by atoms with Crippen molar-refractivity contribution in [3.8, 4) is 0 Å². The molecule has 1 aromatic rings. The van der Waals surface area contributed by atoms with E-state index in [1.54, 1.807) is 0 Å². The van der Waals surface area contributed by atoms with Crippen molar-refractivity contribution in [3.05, 3.63) is 29.6 Å². The van der Waals surface area contributed by atoms with Crippen LogP contribution < -0.4 is 5.73 Å². The number of rotatable bonds is 1. The quantitative estimate of drug-likeness (QED) is 0.751. The van der Waals surface area contributed by atoms with Gasteiger partial charge in [-0.25, -0.2) is 0 Å². The SMILES string of the molecule is Cc1cc(C2CC3CC(N)C2O3)ccn1. The highest BCUT2D eigenvalue weighted by molar-refractivity contribution is 5.25. The normalized spacial score (nSPS) is 38.5. The highest BCUT2D eigenvalue weighted by Gasteiger charge is 2.46. The number of aromatic nitrogens is 1. The Labute approximate surface area is 89.6 Å². The number of hydrogen-bond acceptors (Lipinski definition) is 3. The molecule has 2 fully saturated rings. The fourth-order valence-electron chi connectivity index (χ4n) is 2.90. The van der Waals surface area contributed by atoms with Crippen LogP contribution >= 0.6 is 0 Å².